The van der Waals surface area contributed by atoms with Crippen LogP contribution in [-0.2, 0) is 0 Å². The lowest BCUT2D eigenvalue weighted by molar-refractivity contribution is 0.0177. The highest BCUT2D eigenvalue weighted by Gasteiger charge is 2.26. The van der Waals surface area contributed by atoms with E-state index in [9.17, 15) is 9.90 Å². The van der Waals surface area contributed by atoms with E-state index in [1.54, 1.807) is 18.7 Å². The number of nitrogen functional groups attached to an aromatic ring is 1. The smallest absolute Gasteiger partial charge is 0.274 e. The molecular weight excluding hydrogens is 258 g/mol. The van der Waals surface area contributed by atoms with Gasteiger partial charge in [0.1, 0.15) is 11.5 Å². The molecule has 3 N–H and O–H groups in total. The van der Waals surface area contributed by atoms with Crippen molar-refractivity contribution < 1.29 is 9.90 Å². The van der Waals surface area contributed by atoms with E-state index < -0.39 is 5.60 Å². The molecule has 1 fully saturated rings. The lowest BCUT2D eigenvalue weighted by Crippen LogP contribution is -2.52. The number of anilines is 1. The van der Waals surface area contributed by atoms with Gasteiger partial charge in [-0.15, -0.1) is 0 Å². The van der Waals surface area contributed by atoms with Crippen LogP contribution in [0.1, 0.15) is 24.3 Å². The first kappa shape index (κ1) is 14.7. The van der Waals surface area contributed by atoms with Gasteiger partial charge in [0.05, 0.1) is 18.0 Å². The molecule has 2 heterocycles. The molecule has 0 aliphatic carbocycles. The summed E-state index contributed by atoms with van der Waals surface area (Å²) in [6.45, 7) is 6.93. The quantitative estimate of drug-likeness (QED) is 0.781. The van der Waals surface area contributed by atoms with Crippen molar-refractivity contribution in [2.45, 2.75) is 19.4 Å². The van der Waals surface area contributed by atoms with Crippen molar-refractivity contribution in [2.24, 2.45) is 0 Å². The molecule has 1 amide bonds. The Hall–Kier alpha value is -1.73. The van der Waals surface area contributed by atoms with E-state index in [0.717, 1.165) is 13.1 Å². The van der Waals surface area contributed by atoms with Crippen LogP contribution in [0.25, 0.3) is 0 Å². The highest BCUT2D eigenvalue weighted by atomic mass is 16.3. The van der Waals surface area contributed by atoms with Crippen LogP contribution in [0.3, 0.4) is 0 Å². The van der Waals surface area contributed by atoms with Gasteiger partial charge in [-0.1, -0.05) is 0 Å². The topological polar surface area (TPSA) is 95.6 Å². The van der Waals surface area contributed by atoms with Crippen LogP contribution in [0.2, 0.25) is 0 Å². The fourth-order valence-electron chi connectivity index (χ4n) is 2.27. The normalized spacial score (nSPS) is 17.2. The molecule has 1 aliphatic rings. The largest absolute Gasteiger partial charge is 0.389 e. The van der Waals surface area contributed by atoms with E-state index in [1.165, 1.54) is 12.4 Å². The van der Waals surface area contributed by atoms with Gasteiger partial charge >= 0.3 is 0 Å². The Bertz CT molecular complexity index is 461. The summed E-state index contributed by atoms with van der Waals surface area (Å²) < 4.78 is 0. The Morgan fingerprint density at radius 2 is 1.95 bits per heavy atom. The average Bonchev–Trinajstić information content (AvgIpc) is 2.38. The summed E-state index contributed by atoms with van der Waals surface area (Å²) in [5.41, 5.74) is 5.05. The Morgan fingerprint density at radius 3 is 2.45 bits per heavy atom. The van der Waals surface area contributed by atoms with Gasteiger partial charge in [-0.3, -0.25) is 9.69 Å². The molecule has 0 aromatic carbocycles. The number of nitrogens with zero attached hydrogens (tertiary/aromatic N) is 4. The summed E-state index contributed by atoms with van der Waals surface area (Å²) >= 11 is 0. The van der Waals surface area contributed by atoms with Crippen molar-refractivity contribution in [1.82, 2.24) is 19.8 Å². The van der Waals surface area contributed by atoms with E-state index in [1.807, 2.05) is 0 Å². The molecule has 7 nitrogen and oxygen atoms in total. The first-order valence-electron chi connectivity index (χ1n) is 6.67. The molecule has 1 aromatic heterocycles. The fourth-order valence-corrected chi connectivity index (χ4v) is 2.27. The number of aliphatic hydroxyl groups is 1. The zero-order chi connectivity index (χ0) is 14.8. The summed E-state index contributed by atoms with van der Waals surface area (Å²) in [7, 11) is 0. The molecule has 110 valence electrons. The van der Waals surface area contributed by atoms with Crippen LogP contribution in [0.4, 0.5) is 5.82 Å². The molecule has 1 aromatic rings. The zero-order valence-corrected chi connectivity index (χ0v) is 11.9. The molecule has 7 heteroatoms. The summed E-state index contributed by atoms with van der Waals surface area (Å²) in [6, 6.07) is 0. The number of carbonyl (C=O) groups excluding carboxylic acids is 1. The summed E-state index contributed by atoms with van der Waals surface area (Å²) in [4.78, 5) is 24.0. The number of rotatable bonds is 3. The van der Waals surface area contributed by atoms with Crippen LogP contribution in [-0.4, -0.2) is 69.1 Å². The number of carbonyl (C=O) groups is 1. The van der Waals surface area contributed by atoms with Crippen LogP contribution < -0.4 is 5.73 Å². The second-order valence-corrected chi connectivity index (χ2v) is 5.71. The van der Waals surface area contributed by atoms with Gasteiger partial charge in [0.15, 0.2) is 0 Å². The molecule has 0 unspecified atom stereocenters. The maximum absolute atomic E-state index is 12.2. The van der Waals surface area contributed by atoms with E-state index >= 15 is 0 Å². The van der Waals surface area contributed by atoms with Gasteiger partial charge in [-0.2, -0.15) is 0 Å². The molecular formula is C13H21N5O2. The minimum absolute atomic E-state index is 0.125. The van der Waals surface area contributed by atoms with Crippen molar-refractivity contribution in [3.05, 3.63) is 18.1 Å². The lowest BCUT2D eigenvalue weighted by Gasteiger charge is -2.37. The van der Waals surface area contributed by atoms with Crippen LogP contribution >= 0.6 is 0 Å². The number of piperazine rings is 1. The van der Waals surface area contributed by atoms with Crippen LogP contribution in [0, 0.1) is 0 Å². The highest BCUT2D eigenvalue weighted by molar-refractivity contribution is 5.92. The first-order chi connectivity index (χ1) is 9.35. The molecule has 1 saturated heterocycles. The molecule has 0 spiro atoms. The Kier molecular flexibility index (Phi) is 4.20. The standard InChI is InChI=1S/C13H21N5O2/c1-13(2,20)9-17-3-5-18(6-4-17)12(19)10-7-16-11(14)8-15-10/h7-8,20H,3-6,9H2,1-2H3,(H2,14,16). The van der Waals surface area contributed by atoms with E-state index in [4.69, 9.17) is 5.73 Å². The maximum Gasteiger partial charge on any atom is 0.274 e. The third-order valence-electron chi connectivity index (χ3n) is 3.16. The van der Waals surface area contributed by atoms with Crippen molar-refractivity contribution in [2.75, 3.05) is 38.5 Å². The predicted octanol–water partition coefficient (Wildman–Crippen LogP) is -0.412. The van der Waals surface area contributed by atoms with Gasteiger partial charge in [-0.05, 0) is 13.8 Å². The third kappa shape index (κ3) is 3.88. The van der Waals surface area contributed by atoms with Crippen molar-refractivity contribution in [3.8, 4) is 0 Å². The van der Waals surface area contributed by atoms with Gasteiger partial charge in [0.25, 0.3) is 5.91 Å². The lowest BCUT2D eigenvalue weighted by atomic mass is 10.1. The van der Waals surface area contributed by atoms with Crippen LogP contribution in [0.5, 0.6) is 0 Å². The van der Waals surface area contributed by atoms with Gasteiger partial charge in [0.2, 0.25) is 0 Å². The molecule has 2 rings (SSSR count). The minimum atomic E-state index is -0.714. The SMILES string of the molecule is CC(C)(O)CN1CCN(C(=O)c2cnc(N)cn2)CC1. The zero-order valence-electron chi connectivity index (χ0n) is 11.9. The predicted molar refractivity (Wildman–Crippen MR) is 75.1 cm³/mol. The minimum Gasteiger partial charge on any atom is -0.389 e. The summed E-state index contributed by atoms with van der Waals surface area (Å²) in [5.74, 6) is 0.178. The molecule has 0 atom stereocenters. The second kappa shape index (κ2) is 5.72. The van der Waals surface area contributed by atoms with Crippen molar-refractivity contribution in [1.29, 1.82) is 0 Å². The van der Waals surface area contributed by atoms with Crippen molar-refractivity contribution in [3.63, 3.8) is 0 Å². The Balaban J connectivity index is 1.90. The monoisotopic (exact) mass is 279 g/mol. The number of hydrogen-bond donors (Lipinski definition) is 2. The molecule has 0 saturated carbocycles. The van der Waals surface area contributed by atoms with Gasteiger partial charge < -0.3 is 15.7 Å². The molecule has 0 bridgehead atoms. The summed E-state index contributed by atoms with van der Waals surface area (Å²) in [5, 5.41) is 9.80. The average molecular weight is 279 g/mol. The van der Waals surface area contributed by atoms with Gasteiger partial charge in [0, 0.05) is 32.7 Å². The molecule has 0 radical (unpaired) electrons. The number of amides is 1. The third-order valence-corrected chi connectivity index (χ3v) is 3.16. The first-order valence-corrected chi connectivity index (χ1v) is 6.67. The summed E-state index contributed by atoms with van der Waals surface area (Å²) in [6.07, 6.45) is 2.79. The van der Waals surface area contributed by atoms with Crippen LogP contribution in [0.15, 0.2) is 12.4 Å². The number of hydrogen-bond acceptors (Lipinski definition) is 6. The van der Waals surface area contributed by atoms with Gasteiger partial charge in [-0.25, -0.2) is 9.97 Å². The van der Waals surface area contributed by atoms with E-state index in [2.05, 4.69) is 14.9 Å². The fraction of sp³-hybridized carbons (Fsp3) is 0.615. The second-order valence-electron chi connectivity index (χ2n) is 5.71. The van der Waals surface area contributed by atoms with E-state index in [0.29, 0.717) is 31.1 Å². The number of nitrogens with two attached hydrogens (primary N) is 1. The number of β-amino-alcohol motifs (C(OH)–C–C–N with tert-alkyl or cyclic N) is 1. The Morgan fingerprint density at radius 1 is 1.30 bits per heavy atom. The van der Waals surface area contributed by atoms with E-state index in [-0.39, 0.29) is 5.91 Å². The maximum atomic E-state index is 12.2. The molecule has 20 heavy (non-hydrogen) atoms. The highest BCUT2D eigenvalue weighted by Crippen LogP contribution is 2.10. The Labute approximate surface area is 118 Å². The number of aromatic nitrogens is 2. The molecule has 1 aliphatic heterocycles. The van der Waals surface area contributed by atoms with Crippen molar-refractivity contribution >= 4 is 11.7 Å².